The first-order valence-corrected chi connectivity index (χ1v) is 16.7. The fraction of sp³-hybridized carbons (Fsp3) is 0.625. The zero-order valence-electron chi connectivity index (χ0n) is 23.3. The van der Waals surface area contributed by atoms with Crippen LogP contribution in [0.15, 0.2) is 12.1 Å². The number of thiophene rings is 3. The van der Waals surface area contributed by atoms with Crippen molar-refractivity contribution in [1.82, 2.24) is 0 Å². The minimum absolute atomic E-state index is 1.25. The predicted molar refractivity (Wildman–Crippen MR) is 164 cm³/mol. The van der Waals surface area contributed by atoms with Crippen LogP contribution in [0.3, 0.4) is 0 Å². The maximum absolute atomic E-state index is 2.46. The molecule has 0 atom stereocenters. The van der Waals surface area contributed by atoms with Crippen LogP contribution >= 0.6 is 34.0 Å². The molecule has 3 aromatic heterocycles. The summed E-state index contributed by atoms with van der Waals surface area (Å²) in [4.78, 5) is 9.19. The van der Waals surface area contributed by atoms with Gasteiger partial charge in [-0.3, -0.25) is 0 Å². The van der Waals surface area contributed by atoms with Crippen LogP contribution in [0.1, 0.15) is 123 Å². The fourth-order valence-corrected chi connectivity index (χ4v) is 9.02. The monoisotopic (exact) mass is 528 g/mol. The summed E-state index contributed by atoms with van der Waals surface area (Å²) in [5.41, 5.74) is 5.97. The molecule has 0 N–H and O–H groups in total. The lowest BCUT2D eigenvalue weighted by Crippen LogP contribution is -1.84. The second-order valence-electron chi connectivity index (χ2n) is 10.5. The lowest BCUT2D eigenvalue weighted by Gasteiger charge is -2.01. The standard InChI is InChI=1S/C32H48S3/c1-7-9-11-13-15-17-19-27-23(3)21-29(33-27)31-25(5)26(6)32(35-31)30-22-24(4)28(34-30)20-18-16-14-12-10-8-2/h21-22H,7-20H2,1-6H3. The molecule has 0 aliphatic heterocycles. The van der Waals surface area contributed by atoms with Gasteiger partial charge >= 0.3 is 0 Å². The number of unbranched alkanes of at least 4 members (excludes halogenated alkanes) is 10. The molecule has 3 rings (SSSR count). The molecular weight excluding hydrogens is 481 g/mol. The van der Waals surface area contributed by atoms with Crippen molar-refractivity contribution < 1.29 is 0 Å². The van der Waals surface area contributed by atoms with Gasteiger partial charge in [0.1, 0.15) is 0 Å². The van der Waals surface area contributed by atoms with Gasteiger partial charge in [0.15, 0.2) is 0 Å². The van der Waals surface area contributed by atoms with E-state index in [-0.39, 0.29) is 0 Å². The van der Waals surface area contributed by atoms with Gasteiger partial charge in [-0.25, -0.2) is 0 Å². The lowest BCUT2D eigenvalue weighted by atomic mass is 10.1. The Morgan fingerprint density at radius 1 is 0.486 bits per heavy atom. The predicted octanol–water partition coefficient (Wildman–Crippen LogP) is 12.2. The summed E-state index contributed by atoms with van der Waals surface area (Å²) in [6.07, 6.45) is 19.0. The fourth-order valence-electron chi connectivity index (χ4n) is 4.96. The molecule has 0 bridgehead atoms. The summed E-state index contributed by atoms with van der Waals surface area (Å²) in [5, 5.41) is 0. The van der Waals surface area contributed by atoms with E-state index in [2.05, 4.69) is 76.3 Å². The number of rotatable bonds is 16. The first kappa shape index (κ1) is 28.7. The van der Waals surface area contributed by atoms with Crippen LogP contribution in [-0.2, 0) is 12.8 Å². The van der Waals surface area contributed by atoms with Gasteiger partial charge in [-0.15, -0.1) is 34.0 Å². The Balaban J connectivity index is 1.66. The summed E-state index contributed by atoms with van der Waals surface area (Å²) < 4.78 is 0. The van der Waals surface area contributed by atoms with Crippen LogP contribution in [0.25, 0.3) is 19.5 Å². The Morgan fingerprint density at radius 2 is 0.857 bits per heavy atom. The highest BCUT2D eigenvalue weighted by molar-refractivity contribution is 7.26. The average Bonchev–Trinajstić information content (AvgIpc) is 3.48. The van der Waals surface area contributed by atoms with Crippen molar-refractivity contribution >= 4 is 34.0 Å². The molecule has 3 heterocycles. The quantitative estimate of drug-likeness (QED) is 0.162. The molecule has 0 fully saturated rings. The maximum atomic E-state index is 2.46. The zero-order valence-corrected chi connectivity index (χ0v) is 25.7. The van der Waals surface area contributed by atoms with Crippen molar-refractivity contribution in [2.45, 2.75) is 131 Å². The Morgan fingerprint density at radius 3 is 1.26 bits per heavy atom. The highest BCUT2D eigenvalue weighted by atomic mass is 32.1. The first-order valence-electron chi connectivity index (χ1n) is 14.3. The van der Waals surface area contributed by atoms with Gasteiger partial charge in [0, 0.05) is 29.3 Å². The molecule has 194 valence electrons. The van der Waals surface area contributed by atoms with Crippen LogP contribution in [0.4, 0.5) is 0 Å². The number of hydrogen-bond acceptors (Lipinski definition) is 3. The molecule has 35 heavy (non-hydrogen) atoms. The normalized spacial score (nSPS) is 11.6. The summed E-state index contributed by atoms with van der Waals surface area (Å²) in [6, 6.07) is 4.92. The van der Waals surface area contributed by atoms with Crippen molar-refractivity contribution in [3.63, 3.8) is 0 Å². The van der Waals surface area contributed by atoms with Gasteiger partial charge in [-0.2, -0.15) is 0 Å². The number of hydrogen-bond donors (Lipinski definition) is 0. The van der Waals surface area contributed by atoms with E-state index in [9.17, 15) is 0 Å². The van der Waals surface area contributed by atoms with Crippen molar-refractivity contribution in [1.29, 1.82) is 0 Å². The maximum Gasteiger partial charge on any atom is 0.0481 e. The zero-order chi connectivity index (χ0) is 25.2. The van der Waals surface area contributed by atoms with Crippen LogP contribution in [0.5, 0.6) is 0 Å². The molecule has 3 aromatic rings. The molecule has 0 amide bonds. The molecule has 0 radical (unpaired) electrons. The second kappa shape index (κ2) is 14.7. The third kappa shape index (κ3) is 8.04. The molecule has 0 aliphatic rings. The Labute approximate surface area is 228 Å². The minimum atomic E-state index is 1.25. The van der Waals surface area contributed by atoms with Gasteiger partial charge < -0.3 is 0 Å². The highest BCUT2D eigenvalue weighted by Crippen LogP contribution is 2.47. The topological polar surface area (TPSA) is 0 Å². The third-order valence-electron chi connectivity index (χ3n) is 7.45. The molecule has 0 aromatic carbocycles. The van der Waals surface area contributed by atoms with Crippen LogP contribution in [-0.4, -0.2) is 0 Å². The van der Waals surface area contributed by atoms with Gasteiger partial charge in [-0.05, 0) is 87.8 Å². The molecular formula is C32H48S3. The molecule has 0 aliphatic carbocycles. The van der Waals surface area contributed by atoms with Crippen molar-refractivity contribution in [2.75, 3.05) is 0 Å². The van der Waals surface area contributed by atoms with Gasteiger partial charge in [0.05, 0.1) is 0 Å². The van der Waals surface area contributed by atoms with E-state index >= 15 is 0 Å². The van der Waals surface area contributed by atoms with Crippen molar-refractivity contribution in [3.05, 3.63) is 44.1 Å². The van der Waals surface area contributed by atoms with Gasteiger partial charge in [0.25, 0.3) is 0 Å². The molecule has 0 unspecified atom stereocenters. The smallest absolute Gasteiger partial charge is 0.0481 e. The van der Waals surface area contributed by atoms with Gasteiger partial charge in [0.2, 0.25) is 0 Å². The summed E-state index contributed by atoms with van der Waals surface area (Å²) in [5.74, 6) is 0. The molecule has 0 saturated carbocycles. The van der Waals surface area contributed by atoms with E-state index in [1.807, 2.05) is 11.3 Å². The Hall–Kier alpha value is -0.900. The lowest BCUT2D eigenvalue weighted by molar-refractivity contribution is 0.609. The van der Waals surface area contributed by atoms with Gasteiger partial charge in [-0.1, -0.05) is 78.1 Å². The van der Waals surface area contributed by atoms with Crippen LogP contribution < -0.4 is 0 Å². The van der Waals surface area contributed by atoms with E-state index in [0.29, 0.717) is 0 Å². The van der Waals surface area contributed by atoms with Crippen molar-refractivity contribution in [2.24, 2.45) is 0 Å². The van der Waals surface area contributed by atoms with E-state index in [1.165, 1.54) is 132 Å². The van der Waals surface area contributed by atoms with E-state index in [4.69, 9.17) is 0 Å². The molecule has 0 nitrogen and oxygen atoms in total. The average molecular weight is 529 g/mol. The Bertz CT molecular complexity index is 949. The molecule has 0 saturated heterocycles. The SMILES string of the molecule is CCCCCCCCc1sc(-c2sc(-c3cc(C)c(CCCCCCCC)s3)c(C)c2C)cc1C. The Kier molecular flexibility index (Phi) is 12.1. The summed E-state index contributed by atoms with van der Waals surface area (Å²) in [6.45, 7) is 13.9. The summed E-state index contributed by atoms with van der Waals surface area (Å²) >= 11 is 6.14. The second-order valence-corrected chi connectivity index (χ2v) is 13.8. The van der Waals surface area contributed by atoms with E-state index < -0.39 is 0 Å². The number of aryl methyl sites for hydroxylation is 4. The highest BCUT2D eigenvalue weighted by Gasteiger charge is 2.19. The van der Waals surface area contributed by atoms with Crippen LogP contribution in [0, 0.1) is 27.7 Å². The largest absolute Gasteiger partial charge is 0.139 e. The minimum Gasteiger partial charge on any atom is -0.139 e. The third-order valence-corrected chi connectivity index (χ3v) is 11.8. The molecule has 3 heteroatoms. The first-order chi connectivity index (χ1) is 17.0. The van der Waals surface area contributed by atoms with E-state index in [1.54, 1.807) is 9.75 Å². The molecule has 0 spiro atoms. The van der Waals surface area contributed by atoms with E-state index in [0.717, 1.165) is 0 Å². The van der Waals surface area contributed by atoms with Crippen LogP contribution in [0.2, 0.25) is 0 Å². The summed E-state index contributed by atoms with van der Waals surface area (Å²) in [7, 11) is 0. The van der Waals surface area contributed by atoms with Crippen molar-refractivity contribution in [3.8, 4) is 19.5 Å².